The molecular weight excluding hydrogens is 360 g/mol. The van der Waals surface area contributed by atoms with Crippen LogP contribution in [-0.4, -0.2) is 55.1 Å². The molecule has 0 heterocycles. The van der Waals surface area contributed by atoms with Crippen molar-refractivity contribution in [2.24, 2.45) is 0 Å². The first-order valence-corrected chi connectivity index (χ1v) is 7.25. The number of nitrogens with zero attached hydrogens (tertiary/aromatic N) is 1. The highest BCUT2D eigenvalue weighted by atomic mass is 35.5. The monoisotopic (exact) mass is 374 g/mol. The van der Waals surface area contributed by atoms with E-state index in [0.29, 0.717) is 5.02 Å². The number of halogens is 5. The van der Waals surface area contributed by atoms with E-state index in [0.717, 1.165) is 4.90 Å². The lowest BCUT2D eigenvalue weighted by atomic mass is 10.3. The molecule has 0 saturated heterocycles. The Hall–Kier alpha value is -1.22. The third-order valence-corrected chi connectivity index (χ3v) is 3.16. The summed E-state index contributed by atoms with van der Waals surface area (Å²) < 4.78 is 40.4. The molecule has 0 aliphatic carbocycles. The van der Waals surface area contributed by atoms with Crippen LogP contribution < -0.4 is 5.32 Å². The summed E-state index contributed by atoms with van der Waals surface area (Å²) in [6.07, 6.45) is -4.43. The molecule has 0 spiro atoms. The number of urea groups is 1. The van der Waals surface area contributed by atoms with Gasteiger partial charge in [-0.05, 0) is 18.2 Å². The fraction of sp³-hybridized carbons (Fsp3) is 0.462. The van der Waals surface area contributed by atoms with Gasteiger partial charge in [-0.2, -0.15) is 13.2 Å². The summed E-state index contributed by atoms with van der Waals surface area (Å²) in [5.74, 6) is 0. The van der Waals surface area contributed by atoms with Crippen molar-refractivity contribution in [3.05, 3.63) is 28.2 Å². The highest BCUT2D eigenvalue weighted by Crippen LogP contribution is 2.25. The minimum absolute atomic E-state index is 0.0700. The Morgan fingerprint density at radius 1 is 1.30 bits per heavy atom. The van der Waals surface area contributed by atoms with Crippen LogP contribution in [0, 0.1) is 0 Å². The Balaban J connectivity index is 2.58. The van der Waals surface area contributed by atoms with Crippen molar-refractivity contribution < 1.29 is 27.8 Å². The molecule has 1 aromatic rings. The highest BCUT2D eigenvalue weighted by Gasteiger charge is 2.27. The van der Waals surface area contributed by atoms with Crippen LogP contribution >= 0.6 is 23.2 Å². The highest BCUT2D eigenvalue weighted by molar-refractivity contribution is 6.35. The summed E-state index contributed by atoms with van der Waals surface area (Å²) in [6, 6.07) is 3.82. The molecular formula is C13H15Cl2F3N2O3. The van der Waals surface area contributed by atoms with Gasteiger partial charge in [-0.1, -0.05) is 23.2 Å². The molecule has 0 aliphatic rings. The summed E-state index contributed by atoms with van der Waals surface area (Å²) in [6.45, 7) is -2.27. The first-order chi connectivity index (χ1) is 10.7. The maximum absolute atomic E-state index is 12.1. The van der Waals surface area contributed by atoms with Gasteiger partial charge in [0.25, 0.3) is 0 Å². The predicted octanol–water partition coefficient (Wildman–Crippen LogP) is 3.40. The minimum Gasteiger partial charge on any atom is -0.395 e. The van der Waals surface area contributed by atoms with Crippen LogP contribution in [0.5, 0.6) is 0 Å². The number of aliphatic hydroxyl groups excluding tert-OH is 1. The molecule has 1 rings (SSSR count). The molecule has 0 fully saturated rings. The number of carbonyl (C=O) groups excluding carboxylic acids is 1. The number of aliphatic hydroxyl groups is 1. The average Bonchev–Trinajstić information content (AvgIpc) is 2.45. The molecule has 10 heteroatoms. The predicted molar refractivity (Wildman–Crippen MR) is 81.0 cm³/mol. The lowest BCUT2D eigenvalue weighted by Crippen LogP contribution is -2.39. The van der Waals surface area contributed by atoms with Gasteiger partial charge >= 0.3 is 12.2 Å². The summed E-state index contributed by atoms with van der Waals surface area (Å²) in [5, 5.41) is 12.0. The number of carbonyl (C=O) groups is 1. The van der Waals surface area contributed by atoms with Crippen molar-refractivity contribution in [1.82, 2.24) is 4.90 Å². The Kier molecular flexibility index (Phi) is 7.90. The molecule has 0 bridgehead atoms. The number of amides is 2. The van der Waals surface area contributed by atoms with Crippen molar-refractivity contribution in [3.8, 4) is 0 Å². The largest absolute Gasteiger partial charge is 0.411 e. The molecule has 0 radical (unpaired) electrons. The van der Waals surface area contributed by atoms with Crippen molar-refractivity contribution in [3.63, 3.8) is 0 Å². The Bertz CT molecular complexity index is 530. The van der Waals surface area contributed by atoms with Crippen molar-refractivity contribution in [2.45, 2.75) is 6.18 Å². The second-order valence-electron chi connectivity index (χ2n) is 4.43. The third kappa shape index (κ3) is 7.74. The zero-order valence-electron chi connectivity index (χ0n) is 11.9. The first kappa shape index (κ1) is 19.8. The van der Waals surface area contributed by atoms with Gasteiger partial charge in [0.05, 0.1) is 23.9 Å². The lowest BCUT2D eigenvalue weighted by Gasteiger charge is -2.22. The number of benzene rings is 1. The Morgan fingerprint density at radius 2 is 2.00 bits per heavy atom. The normalized spacial score (nSPS) is 11.4. The van der Waals surface area contributed by atoms with E-state index in [-0.39, 0.29) is 37.0 Å². The summed E-state index contributed by atoms with van der Waals surface area (Å²) in [5.41, 5.74) is 0.253. The zero-order valence-corrected chi connectivity index (χ0v) is 13.4. The van der Waals surface area contributed by atoms with Gasteiger partial charge in [0.15, 0.2) is 0 Å². The molecule has 2 amide bonds. The number of ether oxygens (including phenoxy) is 1. The van der Waals surface area contributed by atoms with Gasteiger partial charge in [0.2, 0.25) is 0 Å². The summed E-state index contributed by atoms with van der Waals surface area (Å²) in [4.78, 5) is 13.2. The molecule has 0 unspecified atom stereocenters. The topological polar surface area (TPSA) is 61.8 Å². The summed E-state index contributed by atoms with van der Waals surface area (Å²) >= 11 is 11.7. The second kappa shape index (κ2) is 9.17. The molecule has 0 saturated carbocycles. The van der Waals surface area contributed by atoms with E-state index >= 15 is 0 Å². The van der Waals surface area contributed by atoms with Crippen LogP contribution in [0.25, 0.3) is 0 Å². The van der Waals surface area contributed by atoms with E-state index in [2.05, 4.69) is 10.1 Å². The van der Waals surface area contributed by atoms with Crippen LogP contribution in [-0.2, 0) is 4.74 Å². The fourth-order valence-electron chi connectivity index (χ4n) is 1.59. The quantitative estimate of drug-likeness (QED) is 0.719. The molecule has 0 aliphatic heterocycles. The minimum atomic E-state index is -4.43. The van der Waals surface area contributed by atoms with E-state index < -0.39 is 18.8 Å². The third-order valence-electron chi connectivity index (χ3n) is 2.60. The van der Waals surface area contributed by atoms with Crippen molar-refractivity contribution >= 4 is 34.9 Å². The SMILES string of the molecule is O=C(Nc1cc(Cl)ccc1Cl)N(CCO)CCOCC(F)(F)F. The van der Waals surface area contributed by atoms with Gasteiger partial charge in [0.1, 0.15) is 6.61 Å². The summed E-state index contributed by atoms with van der Waals surface area (Å²) in [7, 11) is 0. The second-order valence-corrected chi connectivity index (χ2v) is 5.28. The standard InChI is InChI=1S/C13H15Cl2F3N2O3/c14-9-1-2-10(15)11(7-9)19-12(22)20(3-5-21)4-6-23-8-13(16,17)18/h1-2,7,21H,3-6,8H2,(H,19,22). The molecule has 23 heavy (non-hydrogen) atoms. The number of alkyl halides is 3. The number of hydrogen-bond donors (Lipinski definition) is 2. The van der Waals surface area contributed by atoms with E-state index in [1.807, 2.05) is 0 Å². The van der Waals surface area contributed by atoms with Crippen LogP contribution in [0.3, 0.4) is 0 Å². The fourth-order valence-corrected chi connectivity index (χ4v) is 1.92. The van der Waals surface area contributed by atoms with Gasteiger partial charge in [-0.3, -0.25) is 0 Å². The first-order valence-electron chi connectivity index (χ1n) is 6.49. The molecule has 0 atom stereocenters. The van der Waals surface area contributed by atoms with Gasteiger partial charge in [0, 0.05) is 18.1 Å². The molecule has 5 nitrogen and oxygen atoms in total. The maximum atomic E-state index is 12.1. The number of rotatable bonds is 7. The molecule has 0 aromatic heterocycles. The van der Waals surface area contributed by atoms with E-state index in [9.17, 15) is 18.0 Å². The zero-order chi connectivity index (χ0) is 17.5. The molecule has 130 valence electrons. The van der Waals surface area contributed by atoms with Crippen LogP contribution in [0.2, 0.25) is 10.0 Å². The number of anilines is 1. The van der Waals surface area contributed by atoms with Crippen LogP contribution in [0.15, 0.2) is 18.2 Å². The smallest absolute Gasteiger partial charge is 0.395 e. The number of hydrogen-bond acceptors (Lipinski definition) is 3. The van der Waals surface area contributed by atoms with Crippen molar-refractivity contribution in [1.29, 1.82) is 0 Å². The van der Waals surface area contributed by atoms with E-state index in [1.54, 1.807) is 0 Å². The Labute approximate surface area is 140 Å². The van der Waals surface area contributed by atoms with Gasteiger partial charge < -0.3 is 20.1 Å². The van der Waals surface area contributed by atoms with Crippen LogP contribution in [0.4, 0.5) is 23.7 Å². The molecule has 2 N–H and O–H groups in total. The average molecular weight is 375 g/mol. The maximum Gasteiger partial charge on any atom is 0.411 e. The Morgan fingerprint density at radius 3 is 2.61 bits per heavy atom. The van der Waals surface area contributed by atoms with Crippen molar-refractivity contribution in [2.75, 3.05) is 38.2 Å². The lowest BCUT2D eigenvalue weighted by molar-refractivity contribution is -0.174. The van der Waals surface area contributed by atoms with E-state index in [1.165, 1.54) is 18.2 Å². The number of nitrogens with one attached hydrogen (secondary N) is 1. The van der Waals surface area contributed by atoms with Crippen LogP contribution in [0.1, 0.15) is 0 Å². The molecule has 1 aromatic carbocycles. The van der Waals surface area contributed by atoms with Gasteiger partial charge in [-0.25, -0.2) is 4.79 Å². The van der Waals surface area contributed by atoms with E-state index in [4.69, 9.17) is 28.3 Å². The van der Waals surface area contributed by atoms with Gasteiger partial charge in [-0.15, -0.1) is 0 Å².